The van der Waals surface area contributed by atoms with Gasteiger partial charge in [0.05, 0.1) is 11.7 Å². The van der Waals surface area contributed by atoms with Gasteiger partial charge in [0.2, 0.25) is 0 Å². The van der Waals surface area contributed by atoms with Gasteiger partial charge in [-0.25, -0.2) is 9.18 Å². The van der Waals surface area contributed by atoms with Gasteiger partial charge < -0.3 is 19.6 Å². The third kappa shape index (κ3) is 3.46. The lowest BCUT2D eigenvalue weighted by Crippen LogP contribution is -2.30. The van der Waals surface area contributed by atoms with Crippen molar-refractivity contribution in [2.75, 3.05) is 13.2 Å². The minimum absolute atomic E-state index is 0.0494. The number of carbonyl (C=O) groups excluding carboxylic acids is 1. The summed E-state index contributed by atoms with van der Waals surface area (Å²) in [6, 6.07) is 7.28. The van der Waals surface area contributed by atoms with E-state index in [-0.39, 0.29) is 29.2 Å². The maximum absolute atomic E-state index is 13.0. The smallest absolute Gasteiger partial charge is 0.338 e. The minimum Gasteiger partial charge on any atom is -0.478 e. The normalized spacial score (nSPS) is 20.0. The van der Waals surface area contributed by atoms with Crippen molar-refractivity contribution in [1.82, 2.24) is 5.32 Å². The molecule has 6 nitrogen and oxygen atoms in total. The zero-order valence-corrected chi connectivity index (χ0v) is 12.7. The molecule has 1 fully saturated rings. The number of rotatable bonds is 5. The van der Waals surface area contributed by atoms with Crippen LogP contribution in [0, 0.1) is 11.7 Å². The van der Waals surface area contributed by atoms with Gasteiger partial charge in [-0.1, -0.05) is 12.1 Å². The van der Waals surface area contributed by atoms with Crippen LogP contribution >= 0.6 is 0 Å². The molecule has 1 aliphatic rings. The number of ether oxygens (including phenoxy) is 1. The van der Waals surface area contributed by atoms with Crippen LogP contribution in [0.3, 0.4) is 0 Å². The van der Waals surface area contributed by atoms with Crippen LogP contribution in [-0.4, -0.2) is 30.1 Å². The summed E-state index contributed by atoms with van der Waals surface area (Å²) in [4.78, 5) is 22.8. The number of aromatic carboxylic acids is 1. The molecule has 2 heterocycles. The molecule has 2 aromatic rings. The van der Waals surface area contributed by atoms with Gasteiger partial charge in [0.15, 0.2) is 5.76 Å². The number of carboxylic acids is 1. The molecule has 2 N–H and O–H groups in total. The van der Waals surface area contributed by atoms with E-state index in [1.165, 1.54) is 18.2 Å². The standard InChI is InChI=1S/C17H16FNO5/c18-13-3-1-10(2-4-13)15-11(5-6-23-15)8-19-16(20)14-7-12(9-24-14)17(21)22/h1-4,7,9,11,15H,5-6,8H2,(H,19,20)(H,21,22)/t11-,15-/m0/s1. The lowest BCUT2D eigenvalue weighted by Gasteiger charge is -2.19. The zero-order valence-electron chi connectivity index (χ0n) is 12.7. The Hall–Kier alpha value is -2.67. The number of amides is 1. The second kappa shape index (κ2) is 6.84. The number of carboxylic acid groups (broad SMARTS) is 1. The predicted molar refractivity (Wildman–Crippen MR) is 81.2 cm³/mol. The zero-order chi connectivity index (χ0) is 17.1. The highest BCUT2D eigenvalue weighted by molar-refractivity contribution is 5.95. The van der Waals surface area contributed by atoms with Gasteiger partial charge in [-0.2, -0.15) is 0 Å². The molecule has 1 aromatic carbocycles. The number of hydrogen-bond acceptors (Lipinski definition) is 4. The van der Waals surface area contributed by atoms with Crippen LogP contribution in [0.5, 0.6) is 0 Å². The van der Waals surface area contributed by atoms with E-state index in [0.29, 0.717) is 13.2 Å². The van der Waals surface area contributed by atoms with Crippen molar-refractivity contribution in [2.24, 2.45) is 5.92 Å². The van der Waals surface area contributed by atoms with E-state index < -0.39 is 11.9 Å². The Bertz CT molecular complexity index is 740. The van der Waals surface area contributed by atoms with E-state index in [1.807, 2.05) is 0 Å². The molecule has 0 radical (unpaired) electrons. The number of halogens is 1. The summed E-state index contributed by atoms with van der Waals surface area (Å²) < 4.78 is 23.7. The van der Waals surface area contributed by atoms with Crippen molar-refractivity contribution < 1.29 is 28.2 Å². The molecule has 126 valence electrons. The van der Waals surface area contributed by atoms with Crippen LogP contribution in [0.1, 0.15) is 39.0 Å². The number of carbonyl (C=O) groups is 2. The van der Waals surface area contributed by atoms with Crippen molar-refractivity contribution in [3.8, 4) is 0 Å². The van der Waals surface area contributed by atoms with Gasteiger partial charge in [-0.3, -0.25) is 4.79 Å². The first-order chi connectivity index (χ1) is 11.5. The quantitative estimate of drug-likeness (QED) is 0.878. The topological polar surface area (TPSA) is 88.8 Å². The van der Waals surface area contributed by atoms with Crippen LogP contribution in [0.2, 0.25) is 0 Å². The Morgan fingerprint density at radius 3 is 2.71 bits per heavy atom. The molecule has 7 heteroatoms. The first-order valence-corrected chi connectivity index (χ1v) is 7.51. The summed E-state index contributed by atoms with van der Waals surface area (Å²) in [5.74, 6) is -1.95. The molecule has 24 heavy (non-hydrogen) atoms. The monoisotopic (exact) mass is 333 g/mol. The van der Waals surface area contributed by atoms with E-state index in [4.69, 9.17) is 14.3 Å². The molecule has 2 atom stereocenters. The third-order valence-electron chi connectivity index (χ3n) is 4.01. The SMILES string of the molecule is O=C(O)c1coc(C(=O)NC[C@@H]2CCO[C@H]2c2ccc(F)cc2)c1. The van der Waals surface area contributed by atoms with Crippen LogP contribution in [-0.2, 0) is 4.74 Å². The first-order valence-electron chi connectivity index (χ1n) is 7.51. The van der Waals surface area contributed by atoms with Crippen molar-refractivity contribution in [3.63, 3.8) is 0 Å². The van der Waals surface area contributed by atoms with Crippen LogP contribution in [0.4, 0.5) is 4.39 Å². The fourth-order valence-electron chi connectivity index (χ4n) is 2.74. The van der Waals surface area contributed by atoms with Crippen LogP contribution in [0.25, 0.3) is 0 Å². The number of benzene rings is 1. The summed E-state index contributed by atoms with van der Waals surface area (Å²) in [5.41, 5.74) is 0.785. The van der Waals surface area contributed by atoms with Gasteiger partial charge in [0.1, 0.15) is 12.1 Å². The van der Waals surface area contributed by atoms with Crippen molar-refractivity contribution in [3.05, 3.63) is 59.3 Å². The van der Waals surface area contributed by atoms with Crippen molar-refractivity contribution >= 4 is 11.9 Å². The molecule has 0 saturated carbocycles. The summed E-state index contributed by atoms with van der Waals surface area (Å²) in [6.45, 7) is 0.913. The average molecular weight is 333 g/mol. The number of nitrogens with one attached hydrogen (secondary N) is 1. The third-order valence-corrected chi connectivity index (χ3v) is 4.01. The van der Waals surface area contributed by atoms with E-state index in [0.717, 1.165) is 18.2 Å². The lowest BCUT2D eigenvalue weighted by atomic mass is 9.95. The Labute approximate surface area is 137 Å². The average Bonchev–Trinajstić information content (AvgIpc) is 3.23. The highest BCUT2D eigenvalue weighted by Gasteiger charge is 2.30. The molecule has 0 bridgehead atoms. The number of furan rings is 1. The highest BCUT2D eigenvalue weighted by Crippen LogP contribution is 2.34. The van der Waals surface area contributed by atoms with Crippen LogP contribution < -0.4 is 5.32 Å². The Balaban J connectivity index is 1.61. The minimum atomic E-state index is -1.15. The molecule has 1 aliphatic heterocycles. The predicted octanol–water partition coefficient (Wildman–Crippen LogP) is 2.62. The summed E-state index contributed by atoms with van der Waals surface area (Å²) in [7, 11) is 0. The molecule has 0 spiro atoms. The molecule has 1 saturated heterocycles. The Morgan fingerprint density at radius 2 is 2.04 bits per heavy atom. The van der Waals surface area contributed by atoms with Gasteiger partial charge in [-0.05, 0) is 24.1 Å². The largest absolute Gasteiger partial charge is 0.478 e. The van der Waals surface area contributed by atoms with Crippen LogP contribution in [0.15, 0.2) is 41.0 Å². The second-order valence-electron chi connectivity index (χ2n) is 5.61. The molecular weight excluding hydrogens is 317 g/mol. The van der Waals surface area contributed by atoms with Gasteiger partial charge in [0.25, 0.3) is 5.91 Å². The lowest BCUT2D eigenvalue weighted by molar-refractivity contribution is 0.0695. The maximum atomic E-state index is 13.0. The Morgan fingerprint density at radius 1 is 1.29 bits per heavy atom. The van der Waals surface area contributed by atoms with Crippen molar-refractivity contribution in [2.45, 2.75) is 12.5 Å². The fourth-order valence-corrected chi connectivity index (χ4v) is 2.74. The molecule has 0 unspecified atom stereocenters. The van der Waals surface area contributed by atoms with Crippen molar-refractivity contribution in [1.29, 1.82) is 0 Å². The molecular formula is C17H16FNO5. The Kier molecular flexibility index (Phi) is 4.61. The van der Waals surface area contributed by atoms with Gasteiger partial charge in [0, 0.05) is 25.1 Å². The highest BCUT2D eigenvalue weighted by atomic mass is 19.1. The van der Waals surface area contributed by atoms with Gasteiger partial charge >= 0.3 is 5.97 Å². The van der Waals surface area contributed by atoms with Gasteiger partial charge in [-0.15, -0.1) is 0 Å². The van der Waals surface area contributed by atoms with E-state index in [9.17, 15) is 14.0 Å². The number of hydrogen-bond donors (Lipinski definition) is 2. The van der Waals surface area contributed by atoms with E-state index >= 15 is 0 Å². The first kappa shape index (κ1) is 16.2. The summed E-state index contributed by atoms with van der Waals surface area (Å²) >= 11 is 0. The molecule has 0 aliphatic carbocycles. The fraction of sp³-hybridized carbons (Fsp3) is 0.294. The molecule has 1 amide bonds. The summed E-state index contributed by atoms with van der Waals surface area (Å²) in [5, 5.41) is 11.6. The van der Waals surface area contributed by atoms with E-state index in [1.54, 1.807) is 12.1 Å². The maximum Gasteiger partial charge on any atom is 0.338 e. The summed E-state index contributed by atoms with van der Waals surface area (Å²) in [6.07, 6.45) is 1.58. The molecule has 3 rings (SSSR count). The molecule has 1 aromatic heterocycles. The van der Waals surface area contributed by atoms with E-state index in [2.05, 4.69) is 5.32 Å². The second-order valence-corrected chi connectivity index (χ2v) is 5.61.